The maximum Gasteiger partial charge on any atom is 0.191 e. The van der Waals surface area contributed by atoms with E-state index < -0.39 is 0 Å². The number of aliphatic imine (C=N–C) groups is 1. The van der Waals surface area contributed by atoms with Gasteiger partial charge in [0, 0.05) is 53.6 Å². The van der Waals surface area contributed by atoms with Crippen LogP contribution in [-0.2, 0) is 16.1 Å². The van der Waals surface area contributed by atoms with Crippen molar-refractivity contribution in [1.82, 2.24) is 15.5 Å². The Labute approximate surface area is 159 Å². The number of benzene rings is 1. The summed E-state index contributed by atoms with van der Waals surface area (Å²) in [5.74, 6) is 0.862. The lowest BCUT2D eigenvalue weighted by atomic mass is 10.2. The molecule has 6 nitrogen and oxygen atoms in total. The number of ether oxygens (including phenoxy) is 2. The standard InChI is InChI=1S/C20H36N4O2/c1-21-20(23-13-15-24(2)14-9-16-25-3)22-12-7-8-17-26-18-19-10-5-4-6-11-19/h4-6,10-11H,7-9,12-18H2,1-3H3,(H2,21,22,23). The van der Waals surface area contributed by atoms with Gasteiger partial charge < -0.3 is 25.0 Å². The molecule has 0 spiro atoms. The molecule has 0 aromatic heterocycles. The first-order valence-electron chi connectivity index (χ1n) is 9.50. The van der Waals surface area contributed by atoms with E-state index in [9.17, 15) is 0 Å². The monoisotopic (exact) mass is 364 g/mol. The van der Waals surface area contributed by atoms with Crippen LogP contribution in [0.5, 0.6) is 0 Å². The van der Waals surface area contributed by atoms with Gasteiger partial charge in [-0.1, -0.05) is 30.3 Å². The summed E-state index contributed by atoms with van der Waals surface area (Å²) in [6, 6.07) is 10.3. The fourth-order valence-electron chi connectivity index (χ4n) is 2.48. The van der Waals surface area contributed by atoms with Crippen LogP contribution < -0.4 is 10.6 Å². The predicted octanol–water partition coefficient (Wildman–Crippen LogP) is 2.12. The van der Waals surface area contributed by atoms with E-state index in [1.807, 2.05) is 18.2 Å². The molecule has 0 amide bonds. The highest BCUT2D eigenvalue weighted by atomic mass is 16.5. The van der Waals surface area contributed by atoms with Gasteiger partial charge in [-0.05, 0) is 31.9 Å². The van der Waals surface area contributed by atoms with Crippen molar-refractivity contribution >= 4 is 5.96 Å². The summed E-state index contributed by atoms with van der Waals surface area (Å²) in [5.41, 5.74) is 1.22. The summed E-state index contributed by atoms with van der Waals surface area (Å²) in [6.45, 7) is 6.10. The van der Waals surface area contributed by atoms with Crippen molar-refractivity contribution in [3.05, 3.63) is 35.9 Å². The topological polar surface area (TPSA) is 58.1 Å². The van der Waals surface area contributed by atoms with Gasteiger partial charge in [0.15, 0.2) is 5.96 Å². The van der Waals surface area contributed by atoms with E-state index in [-0.39, 0.29) is 0 Å². The van der Waals surface area contributed by atoms with Crippen molar-refractivity contribution in [1.29, 1.82) is 0 Å². The Morgan fingerprint density at radius 3 is 2.50 bits per heavy atom. The fraction of sp³-hybridized carbons (Fsp3) is 0.650. The molecule has 0 bridgehead atoms. The molecular weight excluding hydrogens is 328 g/mol. The van der Waals surface area contributed by atoms with Crippen LogP contribution >= 0.6 is 0 Å². The third-order valence-corrected chi connectivity index (χ3v) is 4.02. The Morgan fingerprint density at radius 1 is 1.00 bits per heavy atom. The van der Waals surface area contributed by atoms with E-state index >= 15 is 0 Å². The van der Waals surface area contributed by atoms with Crippen molar-refractivity contribution in [2.24, 2.45) is 4.99 Å². The molecule has 2 N–H and O–H groups in total. The van der Waals surface area contributed by atoms with E-state index in [4.69, 9.17) is 9.47 Å². The molecule has 0 aliphatic carbocycles. The summed E-state index contributed by atoms with van der Waals surface area (Å²) >= 11 is 0. The van der Waals surface area contributed by atoms with Crippen LogP contribution in [0.1, 0.15) is 24.8 Å². The minimum Gasteiger partial charge on any atom is -0.385 e. The Kier molecular flexibility index (Phi) is 13.5. The average molecular weight is 365 g/mol. The van der Waals surface area contributed by atoms with Crippen molar-refractivity contribution in [3.8, 4) is 0 Å². The number of unbranched alkanes of at least 4 members (excludes halogenated alkanes) is 1. The first-order valence-corrected chi connectivity index (χ1v) is 9.50. The van der Waals surface area contributed by atoms with Gasteiger partial charge in [0.2, 0.25) is 0 Å². The molecule has 1 rings (SSSR count). The lowest BCUT2D eigenvalue weighted by molar-refractivity contribution is 0.117. The summed E-state index contributed by atoms with van der Waals surface area (Å²) < 4.78 is 10.8. The number of methoxy groups -OCH3 is 1. The van der Waals surface area contributed by atoms with Crippen molar-refractivity contribution < 1.29 is 9.47 Å². The number of likely N-dealkylation sites (N-methyl/N-ethyl adjacent to an activating group) is 1. The van der Waals surface area contributed by atoms with E-state index in [0.29, 0.717) is 6.61 Å². The number of rotatable bonds is 14. The highest BCUT2D eigenvalue weighted by Crippen LogP contribution is 2.01. The number of nitrogens with zero attached hydrogens (tertiary/aromatic N) is 2. The maximum absolute atomic E-state index is 5.70. The van der Waals surface area contributed by atoms with Crippen LogP contribution in [0.2, 0.25) is 0 Å². The zero-order chi connectivity index (χ0) is 18.9. The van der Waals surface area contributed by atoms with E-state index in [0.717, 1.165) is 64.6 Å². The van der Waals surface area contributed by atoms with Crippen molar-refractivity contribution in [2.75, 3.05) is 60.6 Å². The van der Waals surface area contributed by atoms with Crippen LogP contribution in [0.4, 0.5) is 0 Å². The van der Waals surface area contributed by atoms with Gasteiger partial charge in [0.1, 0.15) is 0 Å². The van der Waals surface area contributed by atoms with Crippen LogP contribution in [0.3, 0.4) is 0 Å². The van der Waals surface area contributed by atoms with Crippen molar-refractivity contribution in [2.45, 2.75) is 25.9 Å². The number of hydrogen-bond acceptors (Lipinski definition) is 4. The van der Waals surface area contributed by atoms with Crippen LogP contribution in [0, 0.1) is 0 Å². The zero-order valence-corrected chi connectivity index (χ0v) is 16.7. The molecule has 148 valence electrons. The molecule has 1 aromatic rings. The van der Waals surface area contributed by atoms with E-state index in [1.165, 1.54) is 5.56 Å². The molecule has 0 atom stereocenters. The molecule has 0 unspecified atom stereocenters. The molecule has 1 aromatic carbocycles. The molecule has 0 saturated heterocycles. The van der Waals surface area contributed by atoms with Crippen LogP contribution in [0.25, 0.3) is 0 Å². The largest absolute Gasteiger partial charge is 0.385 e. The Hall–Kier alpha value is -1.63. The minimum atomic E-state index is 0.690. The van der Waals surface area contributed by atoms with Gasteiger partial charge in [-0.15, -0.1) is 0 Å². The smallest absolute Gasteiger partial charge is 0.191 e. The third-order valence-electron chi connectivity index (χ3n) is 4.02. The number of hydrogen-bond donors (Lipinski definition) is 2. The van der Waals surface area contributed by atoms with Gasteiger partial charge in [0.05, 0.1) is 6.61 Å². The Balaban J connectivity index is 1.97. The number of nitrogens with one attached hydrogen (secondary N) is 2. The van der Waals surface area contributed by atoms with E-state index in [2.05, 4.69) is 39.7 Å². The van der Waals surface area contributed by atoms with Gasteiger partial charge in [-0.25, -0.2) is 0 Å². The highest BCUT2D eigenvalue weighted by molar-refractivity contribution is 5.79. The third kappa shape index (κ3) is 11.8. The number of guanidine groups is 1. The molecule has 0 aliphatic rings. The molecule has 6 heteroatoms. The highest BCUT2D eigenvalue weighted by Gasteiger charge is 2.00. The lowest BCUT2D eigenvalue weighted by Crippen LogP contribution is -2.41. The van der Waals surface area contributed by atoms with Gasteiger partial charge in [-0.3, -0.25) is 4.99 Å². The van der Waals surface area contributed by atoms with Crippen LogP contribution in [-0.4, -0.2) is 71.5 Å². The summed E-state index contributed by atoms with van der Waals surface area (Å²) in [6.07, 6.45) is 3.16. The first-order chi connectivity index (χ1) is 12.8. The quantitative estimate of drug-likeness (QED) is 0.301. The summed E-state index contributed by atoms with van der Waals surface area (Å²) in [4.78, 5) is 6.55. The molecule has 0 heterocycles. The fourth-order valence-corrected chi connectivity index (χ4v) is 2.48. The molecule has 0 aliphatic heterocycles. The lowest BCUT2D eigenvalue weighted by Gasteiger charge is -2.18. The second kappa shape index (κ2) is 15.6. The summed E-state index contributed by atoms with van der Waals surface area (Å²) in [7, 11) is 5.68. The summed E-state index contributed by atoms with van der Waals surface area (Å²) in [5, 5.41) is 6.70. The molecule has 0 saturated carbocycles. The predicted molar refractivity (Wildman–Crippen MR) is 109 cm³/mol. The molecule has 0 radical (unpaired) electrons. The second-order valence-electron chi connectivity index (χ2n) is 6.32. The van der Waals surface area contributed by atoms with Gasteiger partial charge in [0.25, 0.3) is 0 Å². The second-order valence-corrected chi connectivity index (χ2v) is 6.32. The molecule has 0 fully saturated rings. The first kappa shape index (κ1) is 22.4. The zero-order valence-electron chi connectivity index (χ0n) is 16.7. The average Bonchev–Trinajstić information content (AvgIpc) is 2.66. The molecule has 26 heavy (non-hydrogen) atoms. The van der Waals surface area contributed by atoms with Crippen molar-refractivity contribution in [3.63, 3.8) is 0 Å². The van der Waals surface area contributed by atoms with Gasteiger partial charge in [-0.2, -0.15) is 0 Å². The minimum absolute atomic E-state index is 0.690. The maximum atomic E-state index is 5.70. The molecular formula is C20H36N4O2. The van der Waals surface area contributed by atoms with Gasteiger partial charge >= 0.3 is 0 Å². The van der Waals surface area contributed by atoms with Crippen LogP contribution in [0.15, 0.2) is 35.3 Å². The normalized spacial score (nSPS) is 11.8. The van der Waals surface area contributed by atoms with E-state index in [1.54, 1.807) is 14.2 Å². The SMILES string of the molecule is CN=C(NCCCCOCc1ccccc1)NCCN(C)CCCOC. The Morgan fingerprint density at radius 2 is 1.77 bits per heavy atom. The Bertz CT molecular complexity index is 468.